The number of hydrogen-bond acceptors (Lipinski definition) is 5. The topological polar surface area (TPSA) is 70.5 Å². The number of fused-ring (bicyclic) bond motifs is 1. The molecular formula is C26H26FN3O3. The number of aromatic amines is 1. The standard InChI is InChI=1S/C26H26FN3O3/c27-22-7-8-23(26-25(22)20(16-28)17-29-26)30-11-9-19(10-12-30)18-3-5-21(6-4-18)31-13-1-2-24-32-14-15-33-24/h3-8,14-15,17,19,24,29H,1-2,9-13H2. The fourth-order valence-electron chi connectivity index (χ4n) is 4.68. The number of halogens is 1. The van der Waals surface area contributed by atoms with Crippen molar-refractivity contribution in [1.82, 2.24) is 4.98 Å². The number of piperidine rings is 1. The third kappa shape index (κ3) is 4.47. The zero-order valence-corrected chi connectivity index (χ0v) is 18.3. The fourth-order valence-corrected chi connectivity index (χ4v) is 4.68. The van der Waals surface area contributed by atoms with E-state index in [0.717, 1.165) is 50.2 Å². The second kappa shape index (κ2) is 9.45. The Hall–Kier alpha value is -3.66. The smallest absolute Gasteiger partial charge is 0.239 e. The normalized spacial score (nSPS) is 16.5. The minimum atomic E-state index is -0.360. The van der Waals surface area contributed by atoms with Gasteiger partial charge in [-0.1, -0.05) is 12.1 Å². The Morgan fingerprint density at radius 3 is 2.58 bits per heavy atom. The fraction of sp³-hybridized carbons (Fsp3) is 0.346. The van der Waals surface area contributed by atoms with Crippen molar-refractivity contribution >= 4 is 16.6 Å². The van der Waals surface area contributed by atoms with Gasteiger partial charge in [0.1, 0.15) is 30.2 Å². The number of ether oxygens (including phenoxy) is 3. The van der Waals surface area contributed by atoms with E-state index in [2.05, 4.69) is 28.1 Å². The maximum Gasteiger partial charge on any atom is 0.239 e. The summed E-state index contributed by atoms with van der Waals surface area (Å²) in [5.74, 6) is 0.992. The number of H-pyrrole nitrogens is 1. The highest BCUT2D eigenvalue weighted by atomic mass is 19.1. The van der Waals surface area contributed by atoms with E-state index in [1.807, 2.05) is 18.2 Å². The van der Waals surface area contributed by atoms with Crippen LogP contribution >= 0.6 is 0 Å². The van der Waals surface area contributed by atoms with E-state index in [1.165, 1.54) is 11.6 Å². The molecule has 7 heteroatoms. The number of nitrogens with zero attached hydrogens (tertiary/aromatic N) is 2. The van der Waals surface area contributed by atoms with E-state index in [0.29, 0.717) is 29.0 Å². The Morgan fingerprint density at radius 1 is 1.09 bits per heavy atom. The lowest BCUT2D eigenvalue weighted by molar-refractivity contribution is -0.0310. The van der Waals surface area contributed by atoms with Crippen LogP contribution in [-0.4, -0.2) is 31.0 Å². The highest BCUT2D eigenvalue weighted by Gasteiger charge is 2.23. The average molecular weight is 448 g/mol. The Bertz CT molecular complexity index is 1170. The third-order valence-corrected chi connectivity index (χ3v) is 6.44. The van der Waals surface area contributed by atoms with Gasteiger partial charge in [0.15, 0.2) is 0 Å². The van der Waals surface area contributed by atoms with Gasteiger partial charge in [-0.05, 0) is 55.0 Å². The molecule has 1 fully saturated rings. The van der Waals surface area contributed by atoms with Crippen LogP contribution in [0.1, 0.15) is 42.7 Å². The molecule has 0 spiro atoms. The molecule has 2 aliphatic heterocycles. The van der Waals surface area contributed by atoms with Gasteiger partial charge < -0.3 is 24.1 Å². The lowest BCUT2D eigenvalue weighted by Gasteiger charge is -2.34. The summed E-state index contributed by atoms with van der Waals surface area (Å²) in [6.45, 7) is 2.38. The largest absolute Gasteiger partial charge is 0.494 e. The first-order chi connectivity index (χ1) is 16.2. The third-order valence-electron chi connectivity index (χ3n) is 6.44. The van der Waals surface area contributed by atoms with Crippen LogP contribution in [0.15, 0.2) is 55.1 Å². The van der Waals surface area contributed by atoms with Gasteiger partial charge in [0, 0.05) is 25.7 Å². The van der Waals surface area contributed by atoms with Crippen molar-refractivity contribution in [2.24, 2.45) is 0 Å². The lowest BCUT2D eigenvalue weighted by Crippen LogP contribution is -2.33. The van der Waals surface area contributed by atoms with E-state index < -0.39 is 0 Å². The van der Waals surface area contributed by atoms with Gasteiger partial charge in [-0.15, -0.1) is 0 Å². The molecule has 5 rings (SSSR count). The van der Waals surface area contributed by atoms with Crippen molar-refractivity contribution in [3.63, 3.8) is 0 Å². The Labute approximate surface area is 192 Å². The molecule has 0 bridgehead atoms. The molecule has 33 heavy (non-hydrogen) atoms. The summed E-state index contributed by atoms with van der Waals surface area (Å²) in [6, 6.07) is 13.7. The zero-order chi connectivity index (χ0) is 22.6. The Morgan fingerprint density at radius 2 is 1.85 bits per heavy atom. The van der Waals surface area contributed by atoms with Crippen LogP contribution in [0.25, 0.3) is 10.9 Å². The van der Waals surface area contributed by atoms with Crippen molar-refractivity contribution in [1.29, 1.82) is 5.26 Å². The van der Waals surface area contributed by atoms with E-state index in [4.69, 9.17) is 14.2 Å². The van der Waals surface area contributed by atoms with Gasteiger partial charge in [-0.3, -0.25) is 0 Å². The predicted octanol–water partition coefficient (Wildman–Crippen LogP) is 5.57. The summed E-state index contributed by atoms with van der Waals surface area (Å²) in [6.07, 6.45) is 8.23. The summed E-state index contributed by atoms with van der Waals surface area (Å²) in [7, 11) is 0. The molecular weight excluding hydrogens is 421 g/mol. The number of hydrogen-bond donors (Lipinski definition) is 1. The summed E-state index contributed by atoms with van der Waals surface area (Å²) in [5.41, 5.74) is 3.32. The van der Waals surface area contributed by atoms with Crippen LogP contribution in [0.5, 0.6) is 5.75 Å². The molecule has 0 atom stereocenters. The van der Waals surface area contributed by atoms with Gasteiger partial charge in [-0.2, -0.15) is 5.26 Å². The van der Waals surface area contributed by atoms with Crippen LogP contribution in [0.2, 0.25) is 0 Å². The first-order valence-corrected chi connectivity index (χ1v) is 11.4. The summed E-state index contributed by atoms with van der Waals surface area (Å²) >= 11 is 0. The monoisotopic (exact) mass is 447 g/mol. The van der Waals surface area contributed by atoms with Crippen molar-refractivity contribution in [2.75, 3.05) is 24.6 Å². The molecule has 3 aromatic rings. The van der Waals surface area contributed by atoms with Crippen molar-refractivity contribution in [2.45, 2.75) is 37.9 Å². The highest BCUT2D eigenvalue weighted by molar-refractivity contribution is 5.95. The van der Waals surface area contributed by atoms with Gasteiger partial charge >= 0.3 is 0 Å². The maximum absolute atomic E-state index is 14.3. The zero-order valence-electron chi connectivity index (χ0n) is 18.3. The minimum Gasteiger partial charge on any atom is -0.494 e. The molecule has 1 N–H and O–H groups in total. The van der Waals surface area contributed by atoms with Crippen LogP contribution in [0.3, 0.4) is 0 Å². The van der Waals surface area contributed by atoms with Gasteiger partial charge in [0.05, 0.1) is 28.8 Å². The number of aromatic nitrogens is 1. The molecule has 2 aromatic carbocycles. The number of anilines is 1. The molecule has 2 aliphatic rings. The van der Waals surface area contributed by atoms with Gasteiger partial charge in [-0.25, -0.2) is 4.39 Å². The van der Waals surface area contributed by atoms with E-state index in [9.17, 15) is 9.65 Å². The molecule has 1 saturated heterocycles. The first-order valence-electron chi connectivity index (χ1n) is 11.4. The van der Waals surface area contributed by atoms with Crippen LogP contribution in [-0.2, 0) is 9.47 Å². The summed E-state index contributed by atoms with van der Waals surface area (Å²) in [5, 5.41) is 9.65. The molecule has 6 nitrogen and oxygen atoms in total. The summed E-state index contributed by atoms with van der Waals surface area (Å²) < 4.78 is 30.7. The van der Waals surface area contributed by atoms with Crippen LogP contribution in [0, 0.1) is 17.1 Å². The second-order valence-corrected chi connectivity index (χ2v) is 8.43. The molecule has 3 heterocycles. The predicted molar refractivity (Wildman–Crippen MR) is 123 cm³/mol. The van der Waals surface area contributed by atoms with Crippen LogP contribution < -0.4 is 9.64 Å². The van der Waals surface area contributed by atoms with Gasteiger partial charge in [0.25, 0.3) is 0 Å². The Balaban J connectivity index is 1.15. The number of nitrogens with one attached hydrogen (secondary N) is 1. The number of nitriles is 1. The Kier molecular flexibility index (Phi) is 6.07. The number of benzene rings is 2. The van der Waals surface area contributed by atoms with Crippen molar-refractivity contribution in [3.8, 4) is 11.8 Å². The van der Waals surface area contributed by atoms with Crippen molar-refractivity contribution < 1.29 is 18.6 Å². The van der Waals surface area contributed by atoms with Crippen LogP contribution in [0.4, 0.5) is 10.1 Å². The van der Waals surface area contributed by atoms with Gasteiger partial charge in [0.2, 0.25) is 6.29 Å². The molecule has 1 aromatic heterocycles. The molecule has 0 amide bonds. The number of rotatable bonds is 7. The molecule has 0 aliphatic carbocycles. The van der Waals surface area contributed by atoms with E-state index >= 15 is 0 Å². The maximum atomic E-state index is 14.3. The molecule has 0 unspecified atom stereocenters. The van der Waals surface area contributed by atoms with E-state index in [-0.39, 0.29) is 12.1 Å². The quantitative estimate of drug-likeness (QED) is 0.480. The first kappa shape index (κ1) is 21.2. The lowest BCUT2D eigenvalue weighted by atomic mass is 9.89. The highest BCUT2D eigenvalue weighted by Crippen LogP contribution is 2.35. The minimum absolute atomic E-state index is 0.182. The average Bonchev–Trinajstić information content (AvgIpc) is 3.53. The SMILES string of the molecule is N#Cc1c[nH]c2c(N3CCC(c4ccc(OCCCC5OC=CO5)cc4)CC3)ccc(F)c12. The molecule has 0 radical (unpaired) electrons. The van der Waals surface area contributed by atoms with E-state index in [1.54, 1.807) is 18.7 Å². The molecule has 170 valence electrons. The van der Waals surface area contributed by atoms with Crippen molar-refractivity contribution in [3.05, 3.63) is 72.1 Å². The molecule has 0 saturated carbocycles. The summed E-state index contributed by atoms with van der Waals surface area (Å²) in [4.78, 5) is 5.38. The second-order valence-electron chi connectivity index (χ2n) is 8.43.